The first-order chi connectivity index (χ1) is 7.99. The molecule has 0 saturated carbocycles. The van der Waals surface area contributed by atoms with Gasteiger partial charge >= 0.3 is 0 Å². The van der Waals surface area contributed by atoms with Gasteiger partial charge in [0.1, 0.15) is 10.0 Å². The Hall–Kier alpha value is -1.60. The molecule has 0 aliphatic carbocycles. The lowest BCUT2D eigenvalue weighted by molar-refractivity contribution is 0.600. The average molecular weight is 272 g/mol. The third-order valence-corrected chi connectivity index (χ3v) is 4.80. The predicted octanol–water partition coefficient (Wildman–Crippen LogP) is 2.27. The van der Waals surface area contributed by atoms with Gasteiger partial charge in [-0.05, 0) is 18.2 Å². The number of hydrogen-bond acceptors (Lipinski definition) is 4. The van der Waals surface area contributed by atoms with E-state index >= 15 is 0 Å². The fraction of sp³-hybridized carbons (Fsp3) is 0. The van der Waals surface area contributed by atoms with Crippen LogP contribution in [0.4, 0.5) is 15.8 Å². The highest BCUT2D eigenvalue weighted by Crippen LogP contribution is 2.24. The van der Waals surface area contributed by atoms with E-state index in [-0.39, 0.29) is 9.90 Å². The van der Waals surface area contributed by atoms with E-state index in [0.29, 0.717) is 5.69 Å². The molecule has 0 aliphatic heterocycles. The summed E-state index contributed by atoms with van der Waals surface area (Å²) in [7, 11) is -3.77. The van der Waals surface area contributed by atoms with Crippen molar-refractivity contribution < 1.29 is 12.8 Å². The summed E-state index contributed by atoms with van der Waals surface area (Å²) in [6.07, 6.45) is 0. The summed E-state index contributed by atoms with van der Waals surface area (Å²) in [4.78, 5) is 0. The molecular formula is C10H9FN2O2S2. The highest BCUT2D eigenvalue weighted by molar-refractivity contribution is 7.94. The largest absolute Gasteiger partial charge is 0.398 e. The van der Waals surface area contributed by atoms with Crippen LogP contribution in [0.1, 0.15) is 0 Å². The molecule has 2 aromatic rings. The molecule has 0 saturated heterocycles. The molecule has 0 atom stereocenters. The fourth-order valence-corrected chi connectivity index (χ4v) is 3.36. The second kappa shape index (κ2) is 4.34. The van der Waals surface area contributed by atoms with Crippen LogP contribution in [-0.2, 0) is 10.0 Å². The Morgan fingerprint density at radius 3 is 2.59 bits per heavy atom. The van der Waals surface area contributed by atoms with Crippen LogP contribution >= 0.6 is 11.3 Å². The molecule has 0 fully saturated rings. The molecule has 4 nitrogen and oxygen atoms in total. The molecule has 0 spiro atoms. The highest BCUT2D eigenvalue weighted by atomic mass is 32.2. The Balaban J connectivity index is 2.33. The van der Waals surface area contributed by atoms with Gasteiger partial charge in [0.2, 0.25) is 0 Å². The molecule has 17 heavy (non-hydrogen) atoms. The summed E-state index contributed by atoms with van der Waals surface area (Å²) in [5.41, 5.74) is 5.72. The molecule has 90 valence electrons. The Morgan fingerprint density at radius 1 is 1.29 bits per heavy atom. The lowest BCUT2D eigenvalue weighted by atomic mass is 10.3. The topological polar surface area (TPSA) is 72.2 Å². The minimum absolute atomic E-state index is 0.0539. The maximum atomic E-state index is 13.3. The van der Waals surface area contributed by atoms with Gasteiger partial charge in [-0.15, -0.1) is 11.3 Å². The molecular weight excluding hydrogens is 263 g/mol. The van der Waals surface area contributed by atoms with Crippen molar-refractivity contribution >= 4 is 32.7 Å². The zero-order chi connectivity index (χ0) is 12.5. The van der Waals surface area contributed by atoms with E-state index in [4.69, 9.17) is 5.73 Å². The van der Waals surface area contributed by atoms with Gasteiger partial charge in [0.25, 0.3) is 10.0 Å². The number of nitrogen functional groups attached to an aromatic ring is 1. The third-order valence-electron chi connectivity index (χ3n) is 1.98. The van der Waals surface area contributed by atoms with Crippen LogP contribution < -0.4 is 10.5 Å². The van der Waals surface area contributed by atoms with Crippen molar-refractivity contribution in [1.29, 1.82) is 0 Å². The minimum atomic E-state index is -3.77. The molecule has 0 unspecified atom stereocenters. The summed E-state index contributed by atoms with van der Waals surface area (Å²) in [6, 6.07) is 6.89. The van der Waals surface area contributed by atoms with Gasteiger partial charge in [0.05, 0.1) is 5.69 Å². The number of anilines is 2. The molecule has 1 aromatic carbocycles. The molecule has 0 amide bonds. The number of nitrogens with one attached hydrogen (secondary N) is 1. The number of halogens is 1. The highest BCUT2D eigenvalue weighted by Gasteiger charge is 2.17. The maximum Gasteiger partial charge on any atom is 0.271 e. The SMILES string of the molecule is Nc1csc(S(=O)(=O)Nc2ccccc2F)c1. The van der Waals surface area contributed by atoms with Gasteiger partial charge < -0.3 is 5.73 Å². The number of thiophene rings is 1. The second-order valence-corrected chi connectivity index (χ2v) is 6.10. The molecule has 1 aromatic heterocycles. The van der Waals surface area contributed by atoms with Crippen molar-refractivity contribution in [3.05, 3.63) is 41.5 Å². The van der Waals surface area contributed by atoms with Crippen molar-refractivity contribution in [1.82, 2.24) is 0 Å². The smallest absolute Gasteiger partial charge is 0.271 e. The van der Waals surface area contributed by atoms with Gasteiger partial charge in [-0.2, -0.15) is 0 Å². The summed E-state index contributed by atoms with van der Waals surface area (Å²) < 4.78 is 39.2. The van der Waals surface area contributed by atoms with Crippen molar-refractivity contribution in [3.8, 4) is 0 Å². The number of sulfonamides is 1. The molecule has 7 heteroatoms. The van der Waals surface area contributed by atoms with Gasteiger partial charge in [0, 0.05) is 11.1 Å². The molecule has 0 aliphatic rings. The lowest BCUT2D eigenvalue weighted by Gasteiger charge is -2.06. The first kappa shape index (κ1) is 11.9. The number of nitrogens with two attached hydrogens (primary N) is 1. The first-order valence-electron chi connectivity index (χ1n) is 4.60. The van der Waals surface area contributed by atoms with E-state index in [9.17, 15) is 12.8 Å². The molecule has 1 heterocycles. The van der Waals surface area contributed by atoms with Crippen LogP contribution in [0.5, 0.6) is 0 Å². The quantitative estimate of drug-likeness (QED) is 0.900. The van der Waals surface area contributed by atoms with Crippen LogP contribution in [0, 0.1) is 5.82 Å². The Kier molecular flexibility index (Phi) is 3.03. The van der Waals surface area contributed by atoms with Crippen molar-refractivity contribution in [3.63, 3.8) is 0 Å². The van der Waals surface area contributed by atoms with Gasteiger partial charge in [-0.1, -0.05) is 12.1 Å². The van der Waals surface area contributed by atoms with Crippen LogP contribution in [0.2, 0.25) is 0 Å². The summed E-state index contributed by atoms with van der Waals surface area (Å²) >= 11 is 0.984. The summed E-state index contributed by atoms with van der Waals surface area (Å²) in [5, 5.41) is 1.51. The number of para-hydroxylation sites is 1. The average Bonchev–Trinajstić information content (AvgIpc) is 2.69. The Bertz CT molecular complexity index is 637. The van der Waals surface area contributed by atoms with E-state index in [1.165, 1.54) is 29.6 Å². The van der Waals surface area contributed by atoms with Gasteiger partial charge in [0.15, 0.2) is 0 Å². The van der Waals surface area contributed by atoms with E-state index in [0.717, 1.165) is 11.3 Å². The maximum absolute atomic E-state index is 13.3. The standard InChI is InChI=1S/C10H9FN2O2S2/c11-8-3-1-2-4-9(8)13-17(14,15)10-5-7(12)6-16-10/h1-6,13H,12H2. The zero-order valence-corrected chi connectivity index (χ0v) is 10.2. The molecule has 0 bridgehead atoms. The third kappa shape index (κ3) is 2.56. The molecule has 0 radical (unpaired) electrons. The zero-order valence-electron chi connectivity index (χ0n) is 8.55. The monoisotopic (exact) mass is 272 g/mol. The molecule has 3 N–H and O–H groups in total. The van der Waals surface area contributed by atoms with E-state index in [2.05, 4.69) is 4.72 Å². The summed E-state index contributed by atoms with van der Waals surface area (Å²) in [6.45, 7) is 0. The summed E-state index contributed by atoms with van der Waals surface area (Å²) in [5.74, 6) is -0.624. The second-order valence-electron chi connectivity index (χ2n) is 3.28. The van der Waals surface area contributed by atoms with Crippen LogP contribution in [0.3, 0.4) is 0 Å². The number of rotatable bonds is 3. The predicted molar refractivity (Wildman–Crippen MR) is 65.9 cm³/mol. The number of benzene rings is 1. The fourth-order valence-electron chi connectivity index (χ4n) is 1.21. The van der Waals surface area contributed by atoms with Crippen LogP contribution in [0.25, 0.3) is 0 Å². The Labute approximate surface area is 102 Å². The Morgan fingerprint density at radius 2 is 2.00 bits per heavy atom. The number of hydrogen-bond donors (Lipinski definition) is 2. The minimum Gasteiger partial charge on any atom is -0.398 e. The van der Waals surface area contributed by atoms with Gasteiger partial charge in [-0.25, -0.2) is 12.8 Å². The van der Waals surface area contributed by atoms with Gasteiger partial charge in [-0.3, -0.25) is 4.72 Å². The van der Waals surface area contributed by atoms with Crippen molar-refractivity contribution in [2.75, 3.05) is 10.5 Å². The van der Waals surface area contributed by atoms with Crippen molar-refractivity contribution in [2.24, 2.45) is 0 Å². The van der Waals surface area contributed by atoms with E-state index in [1.54, 1.807) is 6.07 Å². The first-order valence-corrected chi connectivity index (χ1v) is 6.97. The molecule has 2 rings (SSSR count). The van der Waals surface area contributed by atoms with E-state index < -0.39 is 15.8 Å². The lowest BCUT2D eigenvalue weighted by Crippen LogP contribution is -2.12. The van der Waals surface area contributed by atoms with E-state index in [1.807, 2.05) is 0 Å². The van der Waals surface area contributed by atoms with Crippen LogP contribution in [-0.4, -0.2) is 8.42 Å². The normalized spacial score (nSPS) is 11.4. The van der Waals surface area contributed by atoms with Crippen LogP contribution in [0.15, 0.2) is 39.9 Å². The van der Waals surface area contributed by atoms with Crippen molar-refractivity contribution in [2.45, 2.75) is 4.21 Å².